The molecule has 2 aromatic carbocycles. The zero-order chi connectivity index (χ0) is 18.9. The summed E-state index contributed by atoms with van der Waals surface area (Å²) in [6, 6.07) is 15.7. The molecule has 0 aliphatic heterocycles. The largest absolute Gasteiger partial charge is 0.481 e. The standard InChI is InChI=1S/C21H27N3O2/c1-5-24(6-2)19-11-9-18(10-12-19)15-22-23-21(25)17(4)26-20-13-7-16(3)8-14-20/h7-15,17H,5-6H2,1-4H3,(H,23,25). The Hall–Kier alpha value is -2.82. The highest BCUT2D eigenvalue weighted by molar-refractivity contribution is 5.84. The molecule has 1 atom stereocenters. The minimum atomic E-state index is -0.625. The second kappa shape index (κ2) is 9.61. The number of amides is 1. The van der Waals surface area contributed by atoms with E-state index in [1.807, 2.05) is 43.3 Å². The summed E-state index contributed by atoms with van der Waals surface area (Å²) >= 11 is 0. The molecule has 5 nitrogen and oxygen atoms in total. The number of anilines is 1. The van der Waals surface area contributed by atoms with E-state index >= 15 is 0 Å². The molecule has 1 N–H and O–H groups in total. The van der Waals surface area contributed by atoms with E-state index in [0.29, 0.717) is 5.75 Å². The number of carbonyl (C=O) groups excluding carboxylic acids is 1. The number of nitrogens with zero attached hydrogens (tertiary/aromatic N) is 2. The zero-order valence-electron chi connectivity index (χ0n) is 15.9. The third-order valence-electron chi connectivity index (χ3n) is 4.11. The lowest BCUT2D eigenvalue weighted by Crippen LogP contribution is -2.33. The van der Waals surface area contributed by atoms with Crippen LogP contribution in [0.5, 0.6) is 5.75 Å². The van der Waals surface area contributed by atoms with Crippen molar-refractivity contribution < 1.29 is 9.53 Å². The van der Waals surface area contributed by atoms with Gasteiger partial charge in [-0.2, -0.15) is 5.10 Å². The molecule has 0 spiro atoms. The molecule has 26 heavy (non-hydrogen) atoms. The van der Waals surface area contributed by atoms with E-state index in [1.165, 1.54) is 5.69 Å². The Morgan fingerprint density at radius 2 is 1.73 bits per heavy atom. The van der Waals surface area contributed by atoms with Crippen LogP contribution in [-0.2, 0) is 4.79 Å². The van der Waals surface area contributed by atoms with Gasteiger partial charge < -0.3 is 9.64 Å². The highest BCUT2D eigenvalue weighted by atomic mass is 16.5. The van der Waals surface area contributed by atoms with Gasteiger partial charge in [0.1, 0.15) is 5.75 Å². The fraction of sp³-hybridized carbons (Fsp3) is 0.333. The SMILES string of the molecule is CCN(CC)c1ccc(C=NNC(=O)C(C)Oc2ccc(C)cc2)cc1. The van der Waals surface area contributed by atoms with Gasteiger partial charge in [-0.25, -0.2) is 5.43 Å². The summed E-state index contributed by atoms with van der Waals surface area (Å²) in [5.74, 6) is 0.371. The van der Waals surface area contributed by atoms with Crippen LogP contribution in [0.2, 0.25) is 0 Å². The molecule has 2 aromatic rings. The third-order valence-corrected chi connectivity index (χ3v) is 4.11. The molecule has 0 saturated heterocycles. The molecule has 5 heteroatoms. The maximum absolute atomic E-state index is 12.1. The Morgan fingerprint density at radius 1 is 1.12 bits per heavy atom. The number of aryl methyl sites for hydroxylation is 1. The van der Waals surface area contributed by atoms with Gasteiger partial charge >= 0.3 is 0 Å². The second-order valence-corrected chi connectivity index (χ2v) is 6.07. The predicted octanol–water partition coefficient (Wildman–Crippen LogP) is 3.76. The van der Waals surface area contributed by atoms with Gasteiger partial charge in [-0.3, -0.25) is 4.79 Å². The lowest BCUT2D eigenvalue weighted by Gasteiger charge is -2.20. The Labute approximate surface area is 155 Å². The molecule has 0 saturated carbocycles. The van der Waals surface area contributed by atoms with Crippen molar-refractivity contribution in [1.82, 2.24) is 5.43 Å². The van der Waals surface area contributed by atoms with Crippen LogP contribution in [0.1, 0.15) is 31.9 Å². The lowest BCUT2D eigenvalue weighted by molar-refractivity contribution is -0.127. The molecule has 138 valence electrons. The normalized spacial score (nSPS) is 12.0. The number of carbonyl (C=O) groups is 1. The first kappa shape index (κ1) is 19.5. The van der Waals surface area contributed by atoms with Gasteiger partial charge in [-0.15, -0.1) is 0 Å². The maximum Gasteiger partial charge on any atom is 0.280 e. The number of hydrogen-bond acceptors (Lipinski definition) is 4. The smallest absolute Gasteiger partial charge is 0.280 e. The van der Waals surface area contributed by atoms with Gasteiger partial charge in [-0.1, -0.05) is 29.8 Å². The molecule has 0 fully saturated rings. The molecule has 0 aliphatic rings. The van der Waals surface area contributed by atoms with Crippen molar-refractivity contribution in [2.45, 2.75) is 33.8 Å². The molecule has 1 amide bonds. The van der Waals surface area contributed by atoms with Gasteiger partial charge in [0.05, 0.1) is 6.21 Å². The Kier molecular flexibility index (Phi) is 7.21. The Morgan fingerprint density at radius 3 is 2.31 bits per heavy atom. The van der Waals surface area contributed by atoms with E-state index in [-0.39, 0.29) is 5.91 Å². The van der Waals surface area contributed by atoms with Crippen molar-refractivity contribution in [1.29, 1.82) is 0 Å². The van der Waals surface area contributed by atoms with E-state index in [0.717, 1.165) is 24.2 Å². The van der Waals surface area contributed by atoms with E-state index in [2.05, 4.69) is 41.4 Å². The van der Waals surface area contributed by atoms with E-state index in [4.69, 9.17) is 4.74 Å². The van der Waals surface area contributed by atoms with Crippen LogP contribution in [0.3, 0.4) is 0 Å². The minimum Gasteiger partial charge on any atom is -0.481 e. The summed E-state index contributed by atoms with van der Waals surface area (Å²) < 4.78 is 5.61. The molecule has 0 heterocycles. The maximum atomic E-state index is 12.1. The lowest BCUT2D eigenvalue weighted by atomic mass is 10.2. The fourth-order valence-corrected chi connectivity index (χ4v) is 2.50. The zero-order valence-corrected chi connectivity index (χ0v) is 15.9. The molecular formula is C21H27N3O2. The highest BCUT2D eigenvalue weighted by Crippen LogP contribution is 2.14. The molecule has 0 aromatic heterocycles. The molecule has 0 aliphatic carbocycles. The summed E-state index contributed by atoms with van der Waals surface area (Å²) in [5, 5.41) is 4.02. The van der Waals surface area contributed by atoms with E-state index in [9.17, 15) is 4.79 Å². The Bertz CT molecular complexity index is 720. The van der Waals surface area contributed by atoms with Crippen LogP contribution in [0.25, 0.3) is 0 Å². The van der Waals surface area contributed by atoms with E-state index < -0.39 is 6.10 Å². The summed E-state index contributed by atoms with van der Waals surface area (Å²) in [6.07, 6.45) is 1.00. The average molecular weight is 353 g/mol. The average Bonchev–Trinajstić information content (AvgIpc) is 2.65. The number of nitrogens with one attached hydrogen (secondary N) is 1. The van der Waals surface area contributed by atoms with Crippen LogP contribution >= 0.6 is 0 Å². The van der Waals surface area contributed by atoms with Crippen LogP contribution in [-0.4, -0.2) is 31.3 Å². The van der Waals surface area contributed by atoms with Gasteiger partial charge in [0.15, 0.2) is 6.10 Å². The Balaban J connectivity index is 1.86. The van der Waals surface area contributed by atoms with Crippen molar-refractivity contribution in [3.8, 4) is 5.75 Å². The topological polar surface area (TPSA) is 53.9 Å². The predicted molar refractivity (Wildman–Crippen MR) is 107 cm³/mol. The minimum absolute atomic E-state index is 0.290. The fourth-order valence-electron chi connectivity index (χ4n) is 2.50. The first-order valence-electron chi connectivity index (χ1n) is 8.94. The van der Waals surface area contributed by atoms with Gasteiger partial charge in [0.2, 0.25) is 0 Å². The van der Waals surface area contributed by atoms with Crippen molar-refractivity contribution in [3.05, 3.63) is 59.7 Å². The number of benzene rings is 2. The van der Waals surface area contributed by atoms with Gasteiger partial charge in [-0.05, 0) is 57.5 Å². The number of hydrogen-bond donors (Lipinski definition) is 1. The number of rotatable bonds is 8. The molecular weight excluding hydrogens is 326 g/mol. The summed E-state index contributed by atoms with van der Waals surface area (Å²) in [5.41, 5.74) is 5.76. The second-order valence-electron chi connectivity index (χ2n) is 6.07. The van der Waals surface area contributed by atoms with E-state index in [1.54, 1.807) is 13.1 Å². The summed E-state index contributed by atoms with van der Waals surface area (Å²) in [4.78, 5) is 14.3. The van der Waals surface area contributed by atoms with Crippen molar-refractivity contribution in [3.63, 3.8) is 0 Å². The first-order chi connectivity index (χ1) is 12.5. The van der Waals surface area contributed by atoms with Crippen LogP contribution in [0, 0.1) is 6.92 Å². The number of hydrazone groups is 1. The quantitative estimate of drug-likeness (QED) is 0.581. The summed E-state index contributed by atoms with van der Waals surface area (Å²) in [7, 11) is 0. The number of ether oxygens (including phenoxy) is 1. The summed E-state index contributed by atoms with van der Waals surface area (Å²) in [6.45, 7) is 9.91. The molecule has 2 rings (SSSR count). The van der Waals surface area contributed by atoms with Gasteiger partial charge in [0, 0.05) is 18.8 Å². The molecule has 0 radical (unpaired) electrons. The van der Waals surface area contributed by atoms with Crippen molar-refractivity contribution >= 4 is 17.8 Å². The van der Waals surface area contributed by atoms with Gasteiger partial charge in [0.25, 0.3) is 5.91 Å². The molecule has 1 unspecified atom stereocenters. The first-order valence-corrected chi connectivity index (χ1v) is 8.94. The highest BCUT2D eigenvalue weighted by Gasteiger charge is 2.13. The third kappa shape index (κ3) is 5.62. The van der Waals surface area contributed by atoms with Crippen LogP contribution < -0.4 is 15.1 Å². The van der Waals surface area contributed by atoms with Crippen molar-refractivity contribution in [2.24, 2.45) is 5.10 Å². The van der Waals surface area contributed by atoms with Crippen LogP contribution in [0.4, 0.5) is 5.69 Å². The van der Waals surface area contributed by atoms with Crippen LogP contribution in [0.15, 0.2) is 53.6 Å². The van der Waals surface area contributed by atoms with Crippen molar-refractivity contribution in [2.75, 3.05) is 18.0 Å². The molecule has 0 bridgehead atoms. The monoisotopic (exact) mass is 353 g/mol.